The Hall–Kier alpha value is -0.400. The van der Waals surface area contributed by atoms with Crippen LogP contribution >= 0.6 is 15.9 Å². The third-order valence-corrected chi connectivity index (χ3v) is 5.11. The van der Waals surface area contributed by atoms with Gasteiger partial charge in [0, 0.05) is 31.2 Å². The molecule has 90 valence electrons. The molecule has 1 fully saturated rings. The predicted molar refractivity (Wildman–Crippen MR) is 63.9 cm³/mol. The molecular formula is C9H14BrN3O2S. The van der Waals surface area contributed by atoms with Gasteiger partial charge in [0.2, 0.25) is 0 Å². The maximum absolute atomic E-state index is 12.2. The molecule has 0 N–H and O–H groups in total. The summed E-state index contributed by atoms with van der Waals surface area (Å²) in [5.41, 5.74) is 0. The largest absolute Gasteiger partial charge is 0.339 e. The zero-order valence-electron chi connectivity index (χ0n) is 9.00. The highest BCUT2D eigenvalue weighted by Crippen LogP contribution is 2.22. The molecule has 2 heterocycles. The molecule has 0 spiro atoms. The fraction of sp³-hybridized carbons (Fsp3) is 0.667. The summed E-state index contributed by atoms with van der Waals surface area (Å²) in [5, 5.41) is 0.136. The lowest BCUT2D eigenvalue weighted by Crippen LogP contribution is -2.40. The molecule has 16 heavy (non-hydrogen) atoms. The van der Waals surface area contributed by atoms with Crippen molar-refractivity contribution < 1.29 is 8.42 Å². The zero-order chi connectivity index (χ0) is 11.8. The van der Waals surface area contributed by atoms with Crippen LogP contribution in [0.5, 0.6) is 0 Å². The van der Waals surface area contributed by atoms with Gasteiger partial charge in [-0.15, -0.1) is 0 Å². The molecule has 1 saturated heterocycles. The number of imidazole rings is 1. The van der Waals surface area contributed by atoms with Gasteiger partial charge in [0.1, 0.15) is 0 Å². The van der Waals surface area contributed by atoms with Crippen molar-refractivity contribution in [2.45, 2.75) is 22.7 Å². The van der Waals surface area contributed by atoms with Gasteiger partial charge >= 0.3 is 0 Å². The molecule has 5 nitrogen and oxygen atoms in total. The quantitative estimate of drug-likeness (QED) is 0.765. The van der Waals surface area contributed by atoms with Gasteiger partial charge in [-0.2, -0.15) is 4.31 Å². The summed E-state index contributed by atoms with van der Waals surface area (Å²) in [6.45, 7) is 1.11. The first kappa shape index (κ1) is 12.1. The van der Waals surface area contributed by atoms with Crippen molar-refractivity contribution in [3.8, 4) is 0 Å². The Morgan fingerprint density at radius 2 is 2.31 bits per heavy atom. The molecule has 0 aliphatic carbocycles. The van der Waals surface area contributed by atoms with Crippen molar-refractivity contribution in [2.75, 3.05) is 13.1 Å². The number of rotatable bonds is 2. The van der Waals surface area contributed by atoms with E-state index in [0.717, 1.165) is 12.8 Å². The normalized spacial score (nSPS) is 23.5. The highest BCUT2D eigenvalue weighted by molar-refractivity contribution is 9.09. The Kier molecular flexibility index (Phi) is 3.37. The van der Waals surface area contributed by atoms with E-state index in [0.29, 0.717) is 13.1 Å². The third-order valence-electron chi connectivity index (χ3n) is 2.61. The first-order valence-corrected chi connectivity index (χ1v) is 7.48. The smallest absolute Gasteiger partial charge is 0.262 e. The minimum atomic E-state index is -3.40. The van der Waals surface area contributed by atoms with E-state index in [1.54, 1.807) is 11.6 Å². The first-order chi connectivity index (χ1) is 7.50. The number of hydrogen-bond acceptors (Lipinski definition) is 3. The Morgan fingerprint density at radius 3 is 2.88 bits per heavy atom. The standard InChI is InChI=1S/C9H14BrN3O2S/c1-12-6-9(11-7-12)16(14,15)13-4-2-3-8(10)5-13/h6-8H,2-5H2,1H3. The van der Waals surface area contributed by atoms with E-state index in [1.165, 1.54) is 16.8 Å². The molecule has 0 radical (unpaired) electrons. The number of piperidine rings is 1. The van der Waals surface area contributed by atoms with Crippen LogP contribution in [0, 0.1) is 0 Å². The van der Waals surface area contributed by atoms with E-state index in [4.69, 9.17) is 0 Å². The number of aryl methyl sites for hydroxylation is 1. The fourth-order valence-corrected chi connectivity index (χ4v) is 4.12. The molecule has 2 rings (SSSR count). The molecule has 0 bridgehead atoms. The summed E-state index contributed by atoms with van der Waals surface area (Å²) >= 11 is 3.47. The third kappa shape index (κ3) is 2.31. The summed E-state index contributed by atoms with van der Waals surface area (Å²) in [6.07, 6.45) is 4.95. The molecule has 0 aromatic carbocycles. The van der Waals surface area contributed by atoms with Gasteiger partial charge in [-0.25, -0.2) is 13.4 Å². The summed E-state index contributed by atoms with van der Waals surface area (Å²) in [7, 11) is -1.64. The molecule has 0 amide bonds. The highest BCUT2D eigenvalue weighted by Gasteiger charge is 2.30. The monoisotopic (exact) mass is 307 g/mol. The second-order valence-corrected chi connectivity index (χ2v) is 7.16. The van der Waals surface area contributed by atoms with Crippen molar-refractivity contribution in [3.05, 3.63) is 12.5 Å². The summed E-state index contributed by atoms with van der Waals surface area (Å²) in [5.74, 6) is 0. The summed E-state index contributed by atoms with van der Waals surface area (Å²) in [6, 6.07) is 0. The first-order valence-electron chi connectivity index (χ1n) is 5.12. The highest BCUT2D eigenvalue weighted by atomic mass is 79.9. The van der Waals surface area contributed by atoms with Gasteiger partial charge in [0.15, 0.2) is 5.03 Å². The van der Waals surface area contributed by atoms with Crippen LogP contribution in [0.1, 0.15) is 12.8 Å². The number of nitrogens with zero attached hydrogens (tertiary/aromatic N) is 3. The van der Waals surface area contributed by atoms with E-state index >= 15 is 0 Å². The van der Waals surface area contributed by atoms with Crippen molar-refractivity contribution in [1.29, 1.82) is 0 Å². The number of hydrogen-bond donors (Lipinski definition) is 0. The summed E-state index contributed by atoms with van der Waals surface area (Å²) < 4.78 is 27.5. The van der Waals surface area contributed by atoms with Crippen LogP contribution in [0.3, 0.4) is 0 Å². The zero-order valence-corrected chi connectivity index (χ0v) is 11.4. The van der Waals surface area contributed by atoms with Crippen molar-refractivity contribution >= 4 is 26.0 Å². The Morgan fingerprint density at radius 1 is 1.56 bits per heavy atom. The average Bonchev–Trinajstić information content (AvgIpc) is 2.65. The lowest BCUT2D eigenvalue weighted by atomic mass is 10.2. The topological polar surface area (TPSA) is 55.2 Å². The Bertz CT molecular complexity index is 471. The fourth-order valence-electron chi connectivity index (χ4n) is 1.77. The molecule has 7 heteroatoms. The van der Waals surface area contributed by atoms with Gasteiger partial charge in [0.05, 0.1) is 6.33 Å². The lowest BCUT2D eigenvalue weighted by Gasteiger charge is -2.28. The molecule has 1 aliphatic rings. The Labute approximate surface area is 104 Å². The number of alkyl halides is 1. The van der Waals surface area contributed by atoms with Gasteiger partial charge in [-0.05, 0) is 12.8 Å². The molecule has 1 aromatic rings. The number of halogens is 1. The minimum absolute atomic E-state index is 0.136. The van der Waals surface area contributed by atoms with Crippen molar-refractivity contribution in [3.63, 3.8) is 0 Å². The lowest BCUT2D eigenvalue weighted by molar-refractivity contribution is 0.355. The van der Waals surface area contributed by atoms with E-state index < -0.39 is 10.0 Å². The average molecular weight is 308 g/mol. The SMILES string of the molecule is Cn1cnc(S(=O)(=O)N2CCCC(Br)C2)c1. The van der Waals surface area contributed by atoms with Gasteiger partial charge in [-0.3, -0.25) is 0 Å². The Balaban J connectivity index is 2.25. The maximum Gasteiger partial charge on any atom is 0.262 e. The van der Waals surface area contributed by atoms with Gasteiger partial charge in [0.25, 0.3) is 10.0 Å². The summed E-state index contributed by atoms with van der Waals surface area (Å²) in [4.78, 5) is 4.16. The second-order valence-electron chi connectivity index (χ2n) is 3.98. The van der Waals surface area contributed by atoms with Crippen LogP contribution in [-0.4, -0.2) is 40.2 Å². The van der Waals surface area contributed by atoms with Crippen LogP contribution in [0.25, 0.3) is 0 Å². The molecule has 1 aromatic heterocycles. The van der Waals surface area contributed by atoms with Gasteiger partial charge in [-0.1, -0.05) is 15.9 Å². The number of aromatic nitrogens is 2. The molecular weight excluding hydrogens is 294 g/mol. The maximum atomic E-state index is 12.2. The number of sulfonamides is 1. The van der Waals surface area contributed by atoms with E-state index in [2.05, 4.69) is 20.9 Å². The molecule has 1 unspecified atom stereocenters. The minimum Gasteiger partial charge on any atom is -0.339 e. The van der Waals surface area contributed by atoms with E-state index in [-0.39, 0.29) is 9.85 Å². The molecule has 1 atom stereocenters. The molecule has 0 saturated carbocycles. The van der Waals surface area contributed by atoms with Crippen LogP contribution in [0.15, 0.2) is 17.6 Å². The van der Waals surface area contributed by atoms with E-state index in [9.17, 15) is 8.42 Å². The van der Waals surface area contributed by atoms with Crippen LogP contribution < -0.4 is 0 Å². The predicted octanol–water partition coefficient (Wildman–Crippen LogP) is 0.968. The van der Waals surface area contributed by atoms with Crippen LogP contribution in [0.2, 0.25) is 0 Å². The molecule has 1 aliphatic heterocycles. The van der Waals surface area contributed by atoms with E-state index in [1.807, 2.05) is 0 Å². The van der Waals surface area contributed by atoms with Crippen LogP contribution in [-0.2, 0) is 17.1 Å². The second kappa shape index (κ2) is 4.46. The van der Waals surface area contributed by atoms with Crippen LogP contribution in [0.4, 0.5) is 0 Å². The van der Waals surface area contributed by atoms with Crippen molar-refractivity contribution in [1.82, 2.24) is 13.9 Å². The van der Waals surface area contributed by atoms with Gasteiger partial charge < -0.3 is 4.57 Å². The van der Waals surface area contributed by atoms with Crippen molar-refractivity contribution in [2.24, 2.45) is 7.05 Å².